The summed E-state index contributed by atoms with van der Waals surface area (Å²) in [6.07, 6.45) is 15.2. The zero-order valence-electron chi connectivity index (χ0n) is 29.3. The van der Waals surface area contributed by atoms with Gasteiger partial charge in [-0.25, -0.2) is 4.98 Å². The largest absolute Gasteiger partial charge is 0.353 e. The Labute approximate surface area is 287 Å². The van der Waals surface area contributed by atoms with Gasteiger partial charge in [-0.2, -0.15) is 0 Å². The molecule has 0 amide bonds. The highest BCUT2D eigenvalue weighted by atomic mass is 15.3. The highest BCUT2D eigenvalue weighted by Crippen LogP contribution is 2.68. The number of aromatic nitrogens is 2. The Bertz CT molecular complexity index is 1890. The van der Waals surface area contributed by atoms with Crippen molar-refractivity contribution < 1.29 is 0 Å². The molecule has 11 rings (SSSR count). The van der Waals surface area contributed by atoms with Crippen LogP contribution in [0.2, 0.25) is 0 Å². The third-order valence-electron chi connectivity index (χ3n) is 14.3. The summed E-state index contributed by atoms with van der Waals surface area (Å²) in [4.78, 5) is 16.5. The first kappa shape index (κ1) is 29.3. The Kier molecular flexibility index (Phi) is 6.36. The summed E-state index contributed by atoms with van der Waals surface area (Å²) in [5, 5.41) is 0. The van der Waals surface area contributed by atoms with Gasteiger partial charge in [0.05, 0.1) is 40.2 Å². The van der Waals surface area contributed by atoms with Crippen molar-refractivity contribution in [3.8, 4) is 11.3 Å². The minimum absolute atomic E-state index is 0.00357. The van der Waals surface area contributed by atoms with E-state index in [9.17, 15) is 0 Å². The predicted octanol–water partition coefficient (Wildman–Crippen LogP) is 10.7. The quantitative estimate of drug-likeness (QED) is 0.224. The molecule has 2 atom stereocenters. The van der Waals surface area contributed by atoms with E-state index < -0.39 is 0 Å². The van der Waals surface area contributed by atoms with E-state index in [4.69, 9.17) is 9.97 Å². The maximum absolute atomic E-state index is 5.81. The van der Waals surface area contributed by atoms with Crippen LogP contribution in [-0.2, 0) is 11.1 Å². The van der Waals surface area contributed by atoms with E-state index >= 15 is 0 Å². The van der Waals surface area contributed by atoms with Crippen molar-refractivity contribution in [3.05, 3.63) is 107 Å². The smallest absolute Gasteiger partial charge is 0.0890 e. The van der Waals surface area contributed by atoms with Gasteiger partial charge in [0.25, 0.3) is 0 Å². The second-order valence-electron chi connectivity index (χ2n) is 16.7. The number of anilines is 2. The van der Waals surface area contributed by atoms with E-state index in [-0.39, 0.29) is 11.1 Å². The minimum Gasteiger partial charge on any atom is -0.353 e. The maximum atomic E-state index is 5.81. The molecular formula is C44H50N4. The number of fused-ring (bicyclic) bond motifs is 3. The molecule has 48 heavy (non-hydrogen) atoms. The molecule has 4 nitrogen and oxygen atoms in total. The molecule has 5 aliphatic carbocycles. The number of para-hydroxylation sites is 1. The molecule has 246 valence electrons. The first-order valence-electron chi connectivity index (χ1n) is 19.1. The van der Waals surface area contributed by atoms with Crippen LogP contribution in [0.5, 0.6) is 0 Å². The van der Waals surface area contributed by atoms with Crippen LogP contribution in [0, 0.1) is 37.5 Å². The van der Waals surface area contributed by atoms with E-state index in [1.807, 2.05) is 6.20 Å². The normalized spacial score (nSPS) is 32.3. The molecule has 4 aromatic rings. The molecule has 2 aromatic carbocycles. The fourth-order valence-electron chi connectivity index (χ4n) is 12.7. The Morgan fingerprint density at radius 3 is 2.06 bits per heavy atom. The average Bonchev–Trinajstić information content (AvgIpc) is 3.49. The fourth-order valence-corrected chi connectivity index (χ4v) is 12.7. The van der Waals surface area contributed by atoms with Crippen LogP contribution in [0.3, 0.4) is 0 Å². The lowest BCUT2D eigenvalue weighted by Crippen LogP contribution is -2.62. The summed E-state index contributed by atoms with van der Waals surface area (Å²) in [7, 11) is 0. The van der Waals surface area contributed by atoms with Gasteiger partial charge in [-0.1, -0.05) is 55.7 Å². The molecule has 2 aliphatic heterocycles. The Hall–Kier alpha value is -3.66. The minimum atomic E-state index is -0.00357. The van der Waals surface area contributed by atoms with Crippen molar-refractivity contribution in [3.63, 3.8) is 0 Å². The van der Waals surface area contributed by atoms with Gasteiger partial charge >= 0.3 is 0 Å². The number of rotatable bonds is 3. The van der Waals surface area contributed by atoms with E-state index in [1.54, 1.807) is 0 Å². The molecule has 4 heterocycles. The van der Waals surface area contributed by atoms with Crippen LogP contribution in [-0.4, -0.2) is 9.97 Å². The number of hydrogen-bond acceptors (Lipinski definition) is 4. The van der Waals surface area contributed by atoms with Gasteiger partial charge in [0.2, 0.25) is 0 Å². The number of benzene rings is 2. The summed E-state index contributed by atoms with van der Waals surface area (Å²) in [5.74, 6) is 3.19. The van der Waals surface area contributed by atoms with Crippen molar-refractivity contribution in [1.82, 2.24) is 9.97 Å². The first-order chi connectivity index (χ1) is 23.4. The Morgan fingerprint density at radius 2 is 1.33 bits per heavy atom. The lowest BCUT2D eigenvalue weighted by molar-refractivity contribution is -0.0618. The number of hydrogen-bond donors (Lipinski definition) is 0. The molecule has 2 aromatic heterocycles. The second-order valence-corrected chi connectivity index (χ2v) is 16.7. The van der Waals surface area contributed by atoms with Gasteiger partial charge in [-0.15, -0.1) is 0 Å². The van der Waals surface area contributed by atoms with Crippen LogP contribution >= 0.6 is 0 Å². The van der Waals surface area contributed by atoms with Gasteiger partial charge < -0.3 is 9.80 Å². The van der Waals surface area contributed by atoms with Crippen molar-refractivity contribution in [1.29, 1.82) is 0 Å². The maximum Gasteiger partial charge on any atom is 0.0890 e. The molecule has 0 N–H and O–H groups in total. The van der Waals surface area contributed by atoms with Crippen molar-refractivity contribution in [2.24, 2.45) is 23.7 Å². The molecule has 0 radical (unpaired) electrons. The summed E-state index contributed by atoms with van der Waals surface area (Å²) < 4.78 is 0. The van der Waals surface area contributed by atoms with Crippen molar-refractivity contribution >= 4 is 11.4 Å². The molecule has 2 spiro atoms. The predicted molar refractivity (Wildman–Crippen MR) is 195 cm³/mol. The monoisotopic (exact) mass is 634 g/mol. The van der Waals surface area contributed by atoms with Crippen LogP contribution in [0.1, 0.15) is 124 Å². The van der Waals surface area contributed by atoms with Gasteiger partial charge in [0.15, 0.2) is 0 Å². The number of nitrogens with zero attached hydrogens (tertiary/aromatic N) is 4. The zero-order valence-corrected chi connectivity index (χ0v) is 29.3. The van der Waals surface area contributed by atoms with E-state index in [0.29, 0.717) is 23.9 Å². The lowest BCUT2D eigenvalue weighted by atomic mass is 9.47. The molecule has 0 unspecified atom stereocenters. The van der Waals surface area contributed by atoms with E-state index in [1.165, 1.54) is 115 Å². The van der Waals surface area contributed by atoms with Crippen LogP contribution in [0.25, 0.3) is 11.3 Å². The number of pyridine rings is 2. The van der Waals surface area contributed by atoms with Gasteiger partial charge in [0, 0.05) is 23.1 Å². The van der Waals surface area contributed by atoms with Crippen LogP contribution in [0.4, 0.5) is 11.4 Å². The van der Waals surface area contributed by atoms with Crippen LogP contribution < -0.4 is 9.80 Å². The number of aryl methyl sites for hydroxylation is 2. The fraction of sp³-hybridized carbons (Fsp3) is 0.500. The molecule has 4 heteroatoms. The Morgan fingerprint density at radius 1 is 0.646 bits per heavy atom. The summed E-state index contributed by atoms with van der Waals surface area (Å²) in [6, 6.07) is 26.2. The van der Waals surface area contributed by atoms with Gasteiger partial charge in [0.1, 0.15) is 0 Å². The van der Waals surface area contributed by atoms with E-state index in [2.05, 4.69) is 104 Å². The van der Waals surface area contributed by atoms with E-state index in [0.717, 1.165) is 17.5 Å². The second kappa shape index (κ2) is 10.4. The molecule has 4 bridgehead atoms. The summed E-state index contributed by atoms with van der Waals surface area (Å²) in [6.45, 7) is 9.49. The highest BCUT2D eigenvalue weighted by molar-refractivity contribution is 5.71. The van der Waals surface area contributed by atoms with Crippen molar-refractivity contribution in [2.75, 3.05) is 9.80 Å². The average molecular weight is 635 g/mol. The highest BCUT2D eigenvalue weighted by Gasteiger charge is 2.65. The zero-order chi connectivity index (χ0) is 32.4. The molecular weight excluding hydrogens is 585 g/mol. The SMILES string of the molecule is Cc1cc(-c2ccc3c(n2)C2(C4CC5CC(C4)CC2C5)N(c2ccccc2C)[C@H]3C)ccc1N1[C@@H](C)c2cccnc2C12CCCCC2. The van der Waals surface area contributed by atoms with Gasteiger partial charge in [-0.3, -0.25) is 4.98 Å². The van der Waals surface area contributed by atoms with Gasteiger partial charge in [-0.05, 0) is 149 Å². The third-order valence-corrected chi connectivity index (χ3v) is 14.3. The Balaban J connectivity index is 1.08. The van der Waals surface area contributed by atoms with Crippen molar-refractivity contribution in [2.45, 2.75) is 115 Å². The summed E-state index contributed by atoms with van der Waals surface area (Å²) >= 11 is 0. The molecule has 5 saturated carbocycles. The first-order valence-corrected chi connectivity index (χ1v) is 19.1. The molecule has 0 saturated heterocycles. The standard InChI is InChI=1S/C44H50N4/c1-27-11-6-7-13-39(27)48-30(4)37-15-16-38(46-42(37)44(48)34-23-31-22-32(25-34)26-35(44)24-31)33-14-17-40(28(2)21-33)47-29(3)36-12-10-20-45-41(36)43(47)18-8-5-9-19-43/h6-7,10-17,20-21,29-32,34-35H,5,8-9,18-19,22-26H2,1-4H3/t29-,30-,31?,32?,34?,35?,44?/m0/s1. The summed E-state index contributed by atoms with van der Waals surface area (Å²) in [5.41, 5.74) is 13.5. The van der Waals surface area contributed by atoms with Crippen LogP contribution in [0.15, 0.2) is 72.9 Å². The molecule has 7 aliphatic rings. The third kappa shape index (κ3) is 3.78. The lowest BCUT2D eigenvalue weighted by Gasteiger charge is -2.63. The topological polar surface area (TPSA) is 32.3 Å². The molecule has 5 fully saturated rings.